The van der Waals surface area contributed by atoms with Crippen LogP contribution in [0.4, 0.5) is 5.13 Å². The van der Waals surface area contributed by atoms with Crippen molar-refractivity contribution in [3.05, 3.63) is 54.6 Å². The van der Waals surface area contributed by atoms with Crippen LogP contribution in [0.2, 0.25) is 0 Å². The molecular formula is C19H16N6O2S2. The molecule has 0 spiro atoms. The van der Waals surface area contributed by atoms with Crippen LogP contribution in [0.3, 0.4) is 0 Å². The number of thioether (sulfide) groups is 1. The molecule has 10 heteroatoms. The van der Waals surface area contributed by atoms with E-state index in [1.165, 1.54) is 23.1 Å². The SMILES string of the molecule is COc1ccc(-c2nc(SCC(=O)Nc3nnc(-c4ccccc4)s3)n[nH]2)cc1. The lowest BCUT2D eigenvalue weighted by atomic mass is 10.2. The molecule has 1 amide bonds. The number of amides is 1. The fourth-order valence-electron chi connectivity index (χ4n) is 2.45. The van der Waals surface area contributed by atoms with Crippen molar-refractivity contribution < 1.29 is 9.53 Å². The Kier molecular flexibility index (Phi) is 5.82. The van der Waals surface area contributed by atoms with E-state index in [0.29, 0.717) is 16.1 Å². The van der Waals surface area contributed by atoms with Crippen molar-refractivity contribution in [2.45, 2.75) is 5.16 Å². The van der Waals surface area contributed by atoms with E-state index in [0.717, 1.165) is 21.9 Å². The highest BCUT2D eigenvalue weighted by molar-refractivity contribution is 7.99. The van der Waals surface area contributed by atoms with Gasteiger partial charge in [-0.1, -0.05) is 53.4 Å². The van der Waals surface area contributed by atoms with Crippen LogP contribution >= 0.6 is 23.1 Å². The number of ether oxygens (including phenoxy) is 1. The molecule has 4 aromatic rings. The number of aromatic nitrogens is 5. The quantitative estimate of drug-likeness (QED) is 0.435. The van der Waals surface area contributed by atoms with Gasteiger partial charge >= 0.3 is 0 Å². The Morgan fingerprint density at radius 3 is 2.66 bits per heavy atom. The van der Waals surface area contributed by atoms with Gasteiger partial charge < -0.3 is 4.74 Å². The van der Waals surface area contributed by atoms with Gasteiger partial charge in [-0.3, -0.25) is 15.2 Å². The van der Waals surface area contributed by atoms with Gasteiger partial charge in [0.05, 0.1) is 12.9 Å². The van der Waals surface area contributed by atoms with E-state index in [9.17, 15) is 4.79 Å². The summed E-state index contributed by atoms with van der Waals surface area (Å²) in [6, 6.07) is 17.2. The summed E-state index contributed by atoms with van der Waals surface area (Å²) in [6.07, 6.45) is 0. The van der Waals surface area contributed by atoms with Crippen molar-refractivity contribution in [2.75, 3.05) is 18.2 Å². The number of benzene rings is 2. The first-order valence-electron chi connectivity index (χ1n) is 8.59. The summed E-state index contributed by atoms with van der Waals surface area (Å²) in [7, 11) is 1.62. The van der Waals surface area contributed by atoms with Crippen LogP contribution in [0, 0.1) is 0 Å². The lowest BCUT2D eigenvalue weighted by molar-refractivity contribution is -0.113. The van der Waals surface area contributed by atoms with E-state index in [1.807, 2.05) is 54.6 Å². The zero-order valence-electron chi connectivity index (χ0n) is 15.3. The fourth-order valence-corrected chi connectivity index (χ4v) is 3.81. The molecule has 0 fully saturated rings. The topological polar surface area (TPSA) is 106 Å². The average Bonchev–Trinajstić information content (AvgIpc) is 3.43. The van der Waals surface area contributed by atoms with E-state index in [4.69, 9.17) is 4.74 Å². The molecule has 2 aromatic carbocycles. The summed E-state index contributed by atoms with van der Waals surface area (Å²) in [5.74, 6) is 1.38. The number of anilines is 1. The van der Waals surface area contributed by atoms with Gasteiger partial charge in [0.1, 0.15) is 10.8 Å². The van der Waals surface area contributed by atoms with Gasteiger partial charge in [0.2, 0.25) is 16.2 Å². The number of hydrogen-bond donors (Lipinski definition) is 2. The smallest absolute Gasteiger partial charge is 0.236 e. The molecule has 29 heavy (non-hydrogen) atoms. The molecule has 0 aliphatic carbocycles. The fraction of sp³-hybridized carbons (Fsp3) is 0.105. The summed E-state index contributed by atoms with van der Waals surface area (Å²) in [5.41, 5.74) is 1.85. The summed E-state index contributed by atoms with van der Waals surface area (Å²) >= 11 is 2.57. The highest BCUT2D eigenvalue weighted by Crippen LogP contribution is 2.26. The van der Waals surface area contributed by atoms with Crippen molar-refractivity contribution in [3.63, 3.8) is 0 Å². The third-order valence-corrected chi connectivity index (χ3v) is 5.59. The lowest BCUT2D eigenvalue weighted by Crippen LogP contribution is -2.13. The molecule has 0 saturated carbocycles. The second kappa shape index (κ2) is 8.84. The minimum atomic E-state index is -0.193. The van der Waals surface area contributed by atoms with Crippen molar-refractivity contribution in [2.24, 2.45) is 0 Å². The molecule has 8 nitrogen and oxygen atoms in total. The Labute approximate surface area is 174 Å². The Bertz CT molecular complexity index is 1100. The molecule has 146 valence electrons. The standard InChI is InChI=1S/C19H16N6O2S2/c1-27-14-9-7-12(8-10-14)16-21-18(24-22-16)28-11-15(26)20-19-25-23-17(29-19)13-5-3-2-4-6-13/h2-10H,11H2,1H3,(H,20,25,26)(H,21,22,24). The molecule has 2 heterocycles. The summed E-state index contributed by atoms with van der Waals surface area (Å²) in [6.45, 7) is 0. The van der Waals surface area contributed by atoms with Gasteiger partial charge in [-0.2, -0.15) is 0 Å². The van der Waals surface area contributed by atoms with E-state index in [2.05, 4.69) is 30.7 Å². The van der Waals surface area contributed by atoms with Crippen LogP contribution < -0.4 is 10.1 Å². The highest BCUT2D eigenvalue weighted by atomic mass is 32.2. The zero-order chi connectivity index (χ0) is 20.1. The molecule has 0 radical (unpaired) electrons. The molecule has 2 N–H and O–H groups in total. The maximum atomic E-state index is 12.2. The number of methoxy groups -OCH3 is 1. The Hall–Kier alpha value is -3.24. The van der Waals surface area contributed by atoms with E-state index < -0.39 is 0 Å². The van der Waals surface area contributed by atoms with Gasteiger partial charge in [-0.05, 0) is 24.3 Å². The Morgan fingerprint density at radius 2 is 1.90 bits per heavy atom. The maximum Gasteiger partial charge on any atom is 0.236 e. The molecule has 0 atom stereocenters. The second-order valence-corrected chi connectivity index (χ2v) is 7.73. The Balaban J connectivity index is 1.32. The number of nitrogens with zero attached hydrogens (tertiary/aromatic N) is 4. The average molecular weight is 425 g/mol. The third kappa shape index (κ3) is 4.79. The van der Waals surface area contributed by atoms with Crippen LogP contribution in [0.1, 0.15) is 0 Å². The van der Waals surface area contributed by atoms with Crippen LogP contribution in [0.5, 0.6) is 5.75 Å². The van der Waals surface area contributed by atoms with Gasteiger partial charge in [0.25, 0.3) is 0 Å². The normalized spacial score (nSPS) is 10.7. The van der Waals surface area contributed by atoms with Gasteiger partial charge in [-0.15, -0.1) is 15.3 Å². The van der Waals surface area contributed by atoms with Crippen molar-refractivity contribution in [1.29, 1.82) is 0 Å². The van der Waals surface area contributed by atoms with Gasteiger partial charge in [0, 0.05) is 11.1 Å². The number of aromatic amines is 1. The summed E-state index contributed by atoms with van der Waals surface area (Å²) in [4.78, 5) is 16.6. The number of nitrogens with one attached hydrogen (secondary N) is 2. The van der Waals surface area contributed by atoms with E-state index >= 15 is 0 Å². The van der Waals surface area contributed by atoms with Crippen molar-refractivity contribution >= 4 is 34.1 Å². The van der Waals surface area contributed by atoms with Crippen LogP contribution in [-0.4, -0.2) is 44.1 Å². The first-order valence-corrected chi connectivity index (χ1v) is 10.4. The molecule has 0 aliphatic rings. The molecule has 0 bridgehead atoms. The first-order chi connectivity index (χ1) is 14.2. The van der Waals surface area contributed by atoms with Crippen LogP contribution in [0.15, 0.2) is 59.8 Å². The number of carbonyl (C=O) groups excluding carboxylic acids is 1. The Morgan fingerprint density at radius 1 is 1.10 bits per heavy atom. The zero-order valence-corrected chi connectivity index (χ0v) is 17.0. The molecule has 0 aliphatic heterocycles. The summed E-state index contributed by atoms with van der Waals surface area (Å²) in [5, 5.41) is 19.6. The number of H-pyrrole nitrogens is 1. The minimum Gasteiger partial charge on any atom is -0.497 e. The monoisotopic (exact) mass is 424 g/mol. The molecular weight excluding hydrogens is 408 g/mol. The molecule has 0 unspecified atom stereocenters. The minimum absolute atomic E-state index is 0.167. The van der Waals surface area contributed by atoms with E-state index in [1.54, 1.807) is 7.11 Å². The predicted octanol–water partition coefficient (Wildman–Crippen LogP) is 3.73. The first kappa shape index (κ1) is 19.1. The number of carbonyl (C=O) groups is 1. The van der Waals surface area contributed by atoms with Crippen LogP contribution in [0.25, 0.3) is 22.0 Å². The summed E-state index contributed by atoms with van der Waals surface area (Å²) < 4.78 is 5.15. The van der Waals surface area contributed by atoms with Crippen molar-refractivity contribution in [3.8, 4) is 27.7 Å². The predicted molar refractivity (Wildman–Crippen MR) is 113 cm³/mol. The number of rotatable bonds is 7. The largest absolute Gasteiger partial charge is 0.497 e. The van der Waals surface area contributed by atoms with Crippen LogP contribution in [-0.2, 0) is 4.79 Å². The lowest BCUT2D eigenvalue weighted by Gasteiger charge is -2.00. The van der Waals surface area contributed by atoms with E-state index in [-0.39, 0.29) is 11.7 Å². The van der Waals surface area contributed by atoms with Gasteiger partial charge in [0.15, 0.2) is 5.82 Å². The highest BCUT2D eigenvalue weighted by Gasteiger charge is 2.12. The molecule has 0 saturated heterocycles. The second-order valence-electron chi connectivity index (χ2n) is 5.81. The van der Waals surface area contributed by atoms with Gasteiger partial charge in [-0.25, -0.2) is 4.98 Å². The molecule has 2 aromatic heterocycles. The third-order valence-electron chi connectivity index (χ3n) is 3.85. The number of hydrogen-bond acceptors (Lipinski definition) is 8. The van der Waals surface area contributed by atoms with Crippen molar-refractivity contribution in [1.82, 2.24) is 25.4 Å². The maximum absolute atomic E-state index is 12.2. The molecule has 4 rings (SSSR count).